The summed E-state index contributed by atoms with van der Waals surface area (Å²) >= 11 is 0. The molecule has 1 N–H and O–H groups in total. The molecule has 0 spiro atoms. The topological polar surface area (TPSA) is 104 Å². The number of carbonyl (C=O) groups excluding carboxylic acids is 2. The van der Waals surface area contributed by atoms with Crippen molar-refractivity contribution in [2.45, 2.75) is 51.2 Å². The summed E-state index contributed by atoms with van der Waals surface area (Å²) in [4.78, 5) is 28.3. The second-order valence-corrected chi connectivity index (χ2v) is 9.91. The number of unbranched alkanes of at least 4 members (excludes halogenated alkanes) is 2. The number of rotatable bonds is 10. The molecule has 0 aliphatic carbocycles. The van der Waals surface area contributed by atoms with Crippen LogP contribution in [-0.2, 0) is 14.3 Å². The Morgan fingerprint density at radius 3 is 2.59 bits per heavy atom. The molecule has 1 amide bonds. The van der Waals surface area contributed by atoms with E-state index in [0.29, 0.717) is 60.6 Å². The number of aliphatic hydroxyl groups excluding tert-OH is 1. The van der Waals surface area contributed by atoms with Crippen LogP contribution in [0.2, 0.25) is 0 Å². The number of hydrogen-bond acceptors (Lipinski definition) is 8. The van der Waals surface area contributed by atoms with Gasteiger partial charge in [-0.05, 0) is 55.2 Å². The molecule has 9 heteroatoms. The number of ether oxygens (including phenoxy) is 5. The van der Waals surface area contributed by atoms with Gasteiger partial charge in [-0.25, -0.2) is 0 Å². The molecule has 39 heavy (non-hydrogen) atoms. The monoisotopic (exact) mass is 537 g/mol. The molecule has 0 bridgehead atoms. The predicted octanol–water partition coefficient (Wildman–Crippen LogP) is 4.64. The zero-order chi connectivity index (χ0) is 27.4. The average Bonchev–Trinajstić information content (AvgIpc) is 3.57. The van der Waals surface area contributed by atoms with Crippen molar-refractivity contribution in [3.8, 4) is 23.0 Å². The van der Waals surface area contributed by atoms with Crippen molar-refractivity contribution < 1.29 is 38.4 Å². The SMILES string of the molecule is CCCCCOc1ccc(C2/C(=C(/O)c3ccc4c(c3)OCCO4)C(=O)C(=O)N2CC2CCCO2)cc1OC. The maximum atomic E-state index is 13.4. The Bertz CT molecular complexity index is 1250. The number of Topliss-reactive ketones (excluding diaryl/α,β-unsaturated/α-hetero) is 1. The van der Waals surface area contributed by atoms with Gasteiger partial charge in [0.15, 0.2) is 23.0 Å². The lowest BCUT2D eigenvalue weighted by molar-refractivity contribution is -0.140. The summed E-state index contributed by atoms with van der Waals surface area (Å²) in [5.74, 6) is 0.419. The Kier molecular flexibility index (Phi) is 8.26. The third kappa shape index (κ3) is 5.54. The highest BCUT2D eigenvalue weighted by Gasteiger charge is 2.47. The van der Waals surface area contributed by atoms with Gasteiger partial charge in [0.25, 0.3) is 11.7 Å². The molecule has 0 aromatic heterocycles. The van der Waals surface area contributed by atoms with Crippen molar-refractivity contribution in [2.75, 3.05) is 40.1 Å². The van der Waals surface area contributed by atoms with Gasteiger partial charge in [-0.1, -0.05) is 25.8 Å². The van der Waals surface area contributed by atoms with Crippen molar-refractivity contribution in [3.63, 3.8) is 0 Å². The van der Waals surface area contributed by atoms with Gasteiger partial charge in [-0.15, -0.1) is 0 Å². The Balaban J connectivity index is 1.55. The number of hydrogen-bond donors (Lipinski definition) is 1. The Labute approximate surface area is 228 Å². The number of carbonyl (C=O) groups is 2. The molecule has 3 heterocycles. The number of amides is 1. The largest absolute Gasteiger partial charge is 0.507 e. The van der Waals surface area contributed by atoms with Crippen molar-refractivity contribution >= 4 is 17.4 Å². The van der Waals surface area contributed by atoms with Crippen LogP contribution < -0.4 is 18.9 Å². The first-order chi connectivity index (χ1) is 19.0. The third-order valence-corrected chi connectivity index (χ3v) is 7.29. The van der Waals surface area contributed by atoms with E-state index < -0.39 is 17.7 Å². The lowest BCUT2D eigenvalue weighted by Gasteiger charge is -2.28. The smallest absolute Gasteiger partial charge is 0.295 e. The number of fused-ring (bicyclic) bond motifs is 1. The highest BCUT2D eigenvalue weighted by atomic mass is 16.6. The summed E-state index contributed by atoms with van der Waals surface area (Å²) in [7, 11) is 1.55. The van der Waals surface area contributed by atoms with Crippen molar-refractivity contribution in [1.82, 2.24) is 4.90 Å². The van der Waals surface area contributed by atoms with Gasteiger partial charge in [-0.3, -0.25) is 9.59 Å². The van der Waals surface area contributed by atoms with Crippen LogP contribution in [0.15, 0.2) is 42.0 Å². The van der Waals surface area contributed by atoms with E-state index in [1.54, 1.807) is 37.4 Å². The molecule has 0 radical (unpaired) electrons. The van der Waals surface area contributed by atoms with Crippen LogP contribution in [0, 0.1) is 0 Å². The number of nitrogens with zero attached hydrogens (tertiary/aromatic N) is 1. The van der Waals surface area contributed by atoms with Crippen molar-refractivity contribution in [2.24, 2.45) is 0 Å². The van der Waals surface area contributed by atoms with E-state index in [-0.39, 0.29) is 24.0 Å². The predicted molar refractivity (Wildman–Crippen MR) is 143 cm³/mol. The zero-order valence-electron chi connectivity index (χ0n) is 22.4. The van der Waals surface area contributed by atoms with E-state index >= 15 is 0 Å². The van der Waals surface area contributed by atoms with Crippen molar-refractivity contribution in [3.05, 3.63) is 53.1 Å². The lowest BCUT2D eigenvalue weighted by atomic mass is 9.94. The van der Waals surface area contributed by atoms with Gasteiger partial charge in [0, 0.05) is 18.7 Å². The molecule has 2 fully saturated rings. The molecule has 2 saturated heterocycles. The van der Waals surface area contributed by atoms with Gasteiger partial charge in [0.2, 0.25) is 0 Å². The fraction of sp³-hybridized carbons (Fsp3) is 0.467. The fourth-order valence-corrected chi connectivity index (χ4v) is 5.28. The lowest BCUT2D eigenvalue weighted by Crippen LogP contribution is -2.36. The molecular weight excluding hydrogens is 502 g/mol. The molecule has 9 nitrogen and oxygen atoms in total. The van der Waals surface area contributed by atoms with Crippen LogP contribution in [0.3, 0.4) is 0 Å². The van der Waals surface area contributed by atoms with E-state index in [1.807, 2.05) is 6.07 Å². The molecule has 3 aliphatic rings. The maximum absolute atomic E-state index is 13.4. The normalized spacial score (nSPS) is 21.8. The summed E-state index contributed by atoms with van der Waals surface area (Å²) in [5.41, 5.74) is 1.000. The molecule has 3 aliphatic heterocycles. The minimum Gasteiger partial charge on any atom is -0.507 e. The Morgan fingerprint density at radius 2 is 1.85 bits per heavy atom. The number of aliphatic hydroxyl groups is 1. The van der Waals surface area contributed by atoms with Crippen molar-refractivity contribution in [1.29, 1.82) is 0 Å². The molecule has 2 aromatic carbocycles. The first-order valence-corrected chi connectivity index (χ1v) is 13.6. The zero-order valence-corrected chi connectivity index (χ0v) is 22.4. The summed E-state index contributed by atoms with van der Waals surface area (Å²) in [6.07, 6.45) is 4.60. The van der Waals surface area contributed by atoms with Crippen LogP contribution in [0.25, 0.3) is 5.76 Å². The maximum Gasteiger partial charge on any atom is 0.295 e. The quantitative estimate of drug-likeness (QED) is 0.202. The van der Waals surface area contributed by atoms with Crippen LogP contribution in [0.1, 0.15) is 56.2 Å². The molecule has 5 rings (SSSR count). The summed E-state index contributed by atoms with van der Waals surface area (Å²) < 4.78 is 28.6. The standard InChI is InChI=1S/C30H35NO8/c1-3-4-5-12-37-22-10-8-19(16-24(22)35-2)27-26(29(33)30(34)31(27)18-21-7-6-13-36-21)28(32)20-9-11-23-25(17-20)39-15-14-38-23/h8-11,16-17,21,27,32H,3-7,12-15,18H2,1-2H3/b28-26-. The molecule has 2 atom stereocenters. The Hall–Kier alpha value is -3.72. The van der Waals surface area contributed by atoms with Crippen LogP contribution in [0.4, 0.5) is 0 Å². The van der Waals surface area contributed by atoms with Gasteiger partial charge in [0.05, 0.1) is 31.4 Å². The summed E-state index contributed by atoms with van der Waals surface area (Å²) in [6.45, 7) is 4.38. The third-order valence-electron chi connectivity index (χ3n) is 7.29. The number of methoxy groups -OCH3 is 1. The van der Waals surface area contributed by atoms with E-state index in [0.717, 1.165) is 32.1 Å². The number of benzene rings is 2. The molecule has 208 valence electrons. The average molecular weight is 538 g/mol. The van der Waals surface area contributed by atoms with E-state index in [9.17, 15) is 14.7 Å². The number of likely N-dealkylation sites (tertiary alicyclic amines) is 1. The first-order valence-electron chi connectivity index (χ1n) is 13.6. The van der Waals surface area contributed by atoms with E-state index in [4.69, 9.17) is 23.7 Å². The molecule has 2 unspecified atom stereocenters. The fourth-order valence-electron chi connectivity index (χ4n) is 5.28. The minimum absolute atomic E-state index is 0.00772. The summed E-state index contributed by atoms with van der Waals surface area (Å²) in [5, 5.41) is 11.5. The van der Waals surface area contributed by atoms with Gasteiger partial charge < -0.3 is 33.7 Å². The Morgan fingerprint density at radius 1 is 1.03 bits per heavy atom. The van der Waals surface area contributed by atoms with Crippen LogP contribution in [-0.4, -0.2) is 67.9 Å². The van der Waals surface area contributed by atoms with E-state index in [2.05, 4.69) is 6.92 Å². The van der Waals surface area contributed by atoms with Gasteiger partial charge in [-0.2, -0.15) is 0 Å². The molecular formula is C30H35NO8. The molecule has 2 aromatic rings. The van der Waals surface area contributed by atoms with Crippen LogP contribution >= 0.6 is 0 Å². The van der Waals surface area contributed by atoms with Gasteiger partial charge >= 0.3 is 0 Å². The highest BCUT2D eigenvalue weighted by Crippen LogP contribution is 2.43. The first kappa shape index (κ1) is 26.9. The second kappa shape index (κ2) is 12.0. The second-order valence-electron chi connectivity index (χ2n) is 9.91. The van der Waals surface area contributed by atoms with Gasteiger partial charge in [0.1, 0.15) is 19.0 Å². The number of ketones is 1. The molecule has 0 saturated carbocycles. The summed E-state index contributed by atoms with van der Waals surface area (Å²) in [6, 6.07) is 9.51. The van der Waals surface area contributed by atoms with E-state index in [1.165, 1.54) is 4.90 Å². The minimum atomic E-state index is -0.828. The highest BCUT2D eigenvalue weighted by molar-refractivity contribution is 6.46. The van der Waals surface area contributed by atoms with Crippen LogP contribution in [0.5, 0.6) is 23.0 Å².